The summed E-state index contributed by atoms with van der Waals surface area (Å²) in [7, 11) is 0. The number of aromatic nitrogens is 1. The van der Waals surface area contributed by atoms with Crippen LogP contribution in [0, 0.1) is 0 Å². The zero-order valence-electron chi connectivity index (χ0n) is 9.04. The van der Waals surface area contributed by atoms with Gasteiger partial charge in [-0.3, -0.25) is 9.59 Å². The summed E-state index contributed by atoms with van der Waals surface area (Å²) < 4.78 is 1.38. The van der Waals surface area contributed by atoms with Crippen LogP contribution in [0.1, 0.15) is 0 Å². The second-order valence-corrected chi connectivity index (χ2v) is 3.79. The number of para-hydroxylation sites is 1. The van der Waals surface area contributed by atoms with Crippen LogP contribution in [-0.2, 0) is 11.3 Å². The van der Waals surface area contributed by atoms with E-state index in [0.717, 1.165) is 5.39 Å². The van der Waals surface area contributed by atoms with Crippen LogP contribution in [0.15, 0.2) is 41.2 Å². The molecule has 1 aromatic carbocycles. The van der Waals surface area contributed by atoms with Crippen molar-refractivity contribution in [3.8, 4) is 0 Å². The minimum atomic E-state index is -1.12. The van der Waals surface area contributed by atoms with Crippen LogP contribution in [-0.4, -0.2) is 21.7 Å². The first-order chi connectivity index (χ1) is 8.09. The molecule has 0 amide bonds. The van der Waals surface area contributed by atoms with Crippen molar-refractivity contribution in [2.24, 2.45) is 5.73 Å². The van der Waals surface area contributed by atoms with Crippen LogP contribution in [0.3, 0.4) is 0 Å². The molecule has 0 spiro atoms. The molecule has 1 unspecified atom stereocenters. The molecule has 5 nitrogen and oxygen atoms in total. The first-order valence-corrected chi connectivity index (χ1v) is 5.16. The predicted molar refractivity (Wildman–Crippen MR) is 63.8 cm³/mol. The van der Waals surface area contributed by atoms with Crippen LogP contribution in [0.2, 0.25) is 0 Å². The third-order valence-electron chi connectivity index (χ3n) is 2.60. The normalized spacial score (nSPS) is 12.5. The molecule has 0 radical (unpaired) electrons. The lowest BCUT2D eigenvalue weighted by Gasteiger charge is -2.12. The first-order valence-electron chi connectivity index (χ1n) is 5.16. The fourth-order valence-corrected chi connectivity index (χ4v) is 1.71. The van der Waals surface area contributed by atoms with E-state index < -0.39 is 12.0 Å². The highest BCUT2D eigenvalue weighted by Gasteiger charge is 2.14. The zero-order valence-corrected chi connectivity index (χ0v) is 9.04. The van der Waals surface area contributed by atoms with Gasteiger partial charge in [-0.05, 0) is 17.5 Å². The lowest BCUT2D eigenvalue weighted by atomic mass is 10.2. The summed E-state index contributed by atoms with van der Waals surface area (Å²) in [6.07, 6.45) is 0. The summed E-state index contributed by atoms with van der Waals surface area (Å²) in [5.41, 5.74) is 5.89. The van der Waals surface area contributed by atoms with Gasteiger partial charge in [0.15, 0.2) is 0 Å². The average molecular weight is 232 g/mol. The highest BCUT2D eigenvalue weighted by Crippen LogP contribution is 2.10. The van der Waals surface area contributed by atoms with Crippen LogP contribution < -0.4 is 11.3 Å². The number of nitrogens with zero attached hydrogens (tertiary/aromatic N) is 1. The molecular weight excluding hydrogens is 220 g/mol. The predicted octanol–water partition coefficient (Wildman–Crippen LogP) is 0.413. The number of hydrogen-bond donors (Lipinski definition) is 2. The Labute approximate surface area is 97.1 Å². The van der Waals surface area contributed by atoms with E-state index in [-0.39, 0.29) is 12.1 Å². The SMILES string of the molecule is NC(Cn1c(=O)ccc2ccccc21)C(=O)O. The zero-order chi connectivity index (χ0) is 12.4. The van der Waals surface area contributed by atoms with Crippen molar-refractivity contribution in [2.75, 3.05) is 0 Å². The molecule has 88 valence electrons. The summed E-state index contributed by atoms with van der Waals surface area (Å²) in [5.74, 6) is -1.12. The Morgan fingerprint density at radius 1 is 1.29 bits per heavy atom. The van der Waals surface area contributed by atoms with Gasteiger partial charge >= 0.3 is 5.97 Å². The molecule has 1 atom stereocenters. The van der Waals surface area contributed by atoms with Gasteiger partial charge in [0.25, 0.3) is 5.56 Å². The number of rotatable bonds is 3. The van der Waals surface area contributed by atoms with Gasteiger partial charge in [-0.1, -0.05) is 18.2 Å². The highest BCUT2D eigenvalue weighted by molar-refractivity contribution is 5.79. The molecule has 0 fully saturated rings. The van der Waals surface area contributed by atoms with Crippen LogP contribution >= 0.6 is 0 Å². The van der Waals surface area contributed by atoms with Crippen molar-refractivity contribution in [3.05, 3.63) is 46.8 Å². The third-order valence-corrected chi connectivity index (χ3v) is 2.60. The van der Waals surface area contributed by atoms with Crippen molar-refractivity contribution >= 4 is 16.9 Å². The van der Waals surface area contributed by atoms with Crippen LogP contribution in [0.5, 0.6) is 0 Å². The summed E-state index contributed by atoms with van der Waals surface area (Å²) in [4.78, 5) is 22.4. The van der Waals surface area contributed by atoms with Gasteiger partial charge in [-0.15, -0.1) is 0 Å². The van der Waals surface area contributed by atoms with Crippen LogP contribution in [0.25, 0.3) is 10.9 Å². The van der Waals surface area contributed by atoms with Gasteiger partial charge in [0, 0.05) is 6.07 Å². The van der Waals surface area contributed by atoms with Gasteiger partial charge in [0.1, 0.15) is 6.04 Å². The fraction of sp³-hybridized carbons (Fsp3) is 0.167. The molecule has 0 saturated carbocycles. The lowest BCUT2D eigenvalue weighted by molar-refractivity contribution is -0.138. The number of pyridine rings is 1. The van der Waals surface area contributed by atoms with E-state index >= 15 is 0 Å². The van der Waals surface area contributed by atoms with E-state index in [1.807, 2.05) is 12.1 Å². The fourth-order valence-electron chi connectivity index (χ4n) is 1.71. The Balaban J connectivity index is 2.55. The number of benzene rings is 1. The van der Waals surface area contributed by atoms with Crippen molar-refractivity contribution in [2.45, 2.75) is 12.6 Å². The van der Waals surface area contributed by atoms with Crippen molar-refractivity contribution in [1.82, 2.24) is 4.57 Å². The first kappa shape index (κ1) is 11.3. The van der Waals surface area contributed by atoms with E-state index in [1.165, 1.54) is 10.6 Å². The van der Waals surface area contributed by atoms with Crippen LogP contribution in [0.4, 0.5) is 0 Å². The number of carbonyl (C=O) groups is 1. The highest BCUT2D eigenvalue weighted by atomic mass is 16.4. The second kappa shape index (κ2) is 4.39. The maximum Gasteiger partial charge on any atom is 0.322 e. The number of fused-ring (bicyclic) bond motifs is 1. The van der Waals surface area contributed by atoms with E-state index in [4.69, 9.17) is 10.8 Å². The molecule has 0 aliphatic rings. The molecule has 1 aromatic heterocycles. The minimum absolute atomic E-state index is 0.0322. The third kappa shape index (κ3) is 2.19. The number of hydrogen-bond acceptors (Lipinski definition) is 3. The monoisotopic (exact) mass is 232 g/mol. The number of nitrogens with two attached hydrogens (primary N) is 1. The maximum absolute atomic E-state index is 11.7. The standard InChI is InChI=1S/C12H12N2O3/c13-9(12(16)17)7-14-10-4-2-1-3-8(10)5-6-11(14)15/h1-6,9H,7,13H2,(H,16,17). The van der Waals surface area contributed by atoms with E-state index in [1.54, 1.807) is 18.2 Å². The second-order valence-electron chi connectivity index (χ2n) is 3.79. The van der Waals surface area contributed by atoms with E-state index in [0.29, 0.717) is 5.52 Å². The molecule has 2 rings (SSSR count). The summed E-state index contributed by atoms with van der Waals surface area (Å²) in [6.45, 7) is -0.0322. The Morgan fingerprint density at radius 3 is 2.71 bits per heavy atom. The molecule has 0 aliphatic carbocycles. The Morgan fingerprint density at radius 2 is 2.00 bits per heavy atom. The molecule has 17 heavy (non-hydrogen) atoms. The van der Waals surface area contributed by atoms with E-state index in [2.05, 4.69) is 0 Å². The average Bonchev–Trinajstić information content (AvgIpc) is 2.32. The lowest BCUT2D eigenvalue weighted by Crippen LogP contribution is -2.38. The Hall–Kier alpha value is -2.14. The number of carboxylic acid groups (broad SMARTS) is 1. The Kier molecular flexibility index (Phi) is 2.93. The van der Waals surface area contributed by atoms with Gasteiger partial charge in [-0.2, -0.15) is 0 Å². The summed E-state index contributed by atoms with van der Waals surface area (Å²) in [5, 5.41) is 9.65. The van der Waals surface area contributed by atoms with E-state index in [9.17, 15) is 9.59 Å². The smallest absolute Gasteiger partial charge is 0.322 e. The number of carboxylic acids is 1. The quantitative estimate of drug-likeness (QED) is 0.802. The van der Waals surface area contributed by atoms with Crippen molar-refractivity contribution < 1.29 is 9.90 Å². The minimum Gasteiger partial charge on any atom is -0.480 e. The van der Waals surface area contributed by atoms with Gasteiger partial charge in [-0.25, -0.2) is 0 Å². The molecule has 0 bridgehead atoms. The molecule has 3 N–H and O–H groups in total. The summed E-state index contributed by atoms with van der Waals surface area (Å²) in [6, 6.07) is 9.32. The van der Waals surface area contributed by atoms with Crippen molar-refractivity contribution in [1.29, 1.82) is 0 Å². The number of aliphatic carboxylic acids is 1. The topological polar surface area (TPSA) is 85.3 Å². The largest absolute Gasteiger partial charge is 0.480 e. The van der Waals surface area contributed by atoms with Gasteiger partial charge in [0.2, 0.25) is 0 Å². The molecule has 0 aliphatic heterocycles. The molecular formula is C12H12N2O3. The molecule has 1 heterocycles. The maximum atomic E-state index is 11.7. The van der Waals surface area contributed by atoms with Gasteiger partial charge < -0.3 is 15.4 Å². The Bertz CT molecular complexity index is 618. The van der Waals surface area contributed by atoms with Crippen molar-refractivity contribution in [3.63, 3.8) is 0 Å². The van der Waals surface area contributed by atoms with Gasteiger partial charge in [0.05, 0.1) is 12.1 Å². The molecule has 0 saturated heterocycles. The molecule has 2 aromatic rings. The molecule has 5 heteroatoms. The summed E-state index contributed by atoms with van der Waals surface area (Å²) >= 11 is 0.